The fourth-order valence-electron chi connectivity index (χ4n) is 1.79. The minimum atomic E-state index is -0.226. The molecule has 96 valence electrons. The number of para-hydroxylation sites is 1. The molecular formula is C16H14O3. The lowest BCUT2D eigenvalue weighted by molar-refractivity contribution is 0.104. The van der Waals surface area contributed by atoms with Gasteiger partial charge in [0.2, 0.25) is 0 Å². The zero-order valence-corrected chi connectivity index (χ0v) is 10.5. The van der Waals surface area contributed by atoms with E-state index in [2.05, 4.69) is 0 Å². The summed E-state index contributed by atoms with van der Waals surface area (Å²) in [5.74, 6) is -0.567. The van der Waals surface area contributed by atoms with E-state index in [1.807, 2.05) is 19.1 Å². The molecule has 2 aromatic rings. The molecule has 0 heterocycles. The first kappa shape index (κ1) is 12.9. The van der Waals surface area contributed by atoms with Crippen LogP contribution in [0, 0.1) is 6.92 Å². The number of hydrogen-bond acceptors (Lipinski definition) is 3. The van der Waals surface area contributed by atoms with Gasteiger partial charge < -0.3 is 10.2 Å². The predicted molar refractivity (Wildman–Crippen MR) is 74.3 cm³/mol. The van der Waals surface area contributed by atoms with Gasteiger partial charge in [-0.05, 0) is 30.7 Å². The van der Waals surface area contributed by atoms with E-state index < -0.39 is 0 Å². The third kappa shape index (κ3) is 2.83. The Morgan fingerprint density at radius 3 is 2.53 bits per heavy atom. The van der Waals surface area contributed by atoms with Gasteiger partial charge in [-0.1, -0.05) is 36.4 Å². The van der Waals surface area contributed by atoms with Crippen LogP contribution in [0.1, 0.15) is 21.5 Å². The van der Waals surface area contributed by atoms with Crippen molar-refractivity contribution in [3.8, 4) is 11.5 Å². The van der Waals surface area contributed by atoms with E-state index in [1.54, 1.807) is 24.3 Å². The highest BCUT2D eigenvalue weighted by atomic mass is 16.3. The Hall–Kier alpha value is -2.55. The quantitative estimate of drug-likeness (QED) is 0.502. The number of hydrogen-bond donors (Lipinski definition) is 2. The van der Waals surface area contributed by atoms with Crippen LogP contribution >= 0.6 is 0 Å². The first-order chi connectivity index (χ1) is 9.09. The van der Waals surface area contributed by atoms with E-state index >= 15 is 0 Å². The van der Waals surface area contributed by atoms with Gasteiger partial charge >= 0.3 is 0 Å². The summed E-state index contributed by atoms with van der Waals surface area (Å²) in [7, 11) is 0. The number of rotatable bonds is 3. The number of carbonyl (C=O) groups excluding carboxylic acids is 1. The maximum atomic E-state index is 12.0. The van der Waals surface area contributed by atoms with Gasteiger partial charge in [-0.15, -0.1) is 0 Å². The standard InChI is InChI=1S/C16H14O3/c1-11-5-2-3-7-13(11)14(17)10-9-12-6-4-8-15(18)16(12)19/h2-10,18-19H,1H3. The van der Waals surface area contributed by atoms with Crippen LogP contribution in [0.5, 0.6) is 11.5 Å². The lowest BCUT2D eigenvalue weighted by atomic mass is 10.0. The molecule has 3 nitrogen and oxygen atoms in total. The molecule has 2 rings (SSSR count). The van der Waals surface area contributed by atoms with Crippen molar-refractivity contribution in [3.63, 3.8) is 0 Å². The number of phenolic OH excluding ortho intramolecular Hbond substituents is 2. The molecule has 2 N–H and O–H groups in total. The summed E-state index contributed by atoms with van der Waals surface area (Å²) in [6.07, 6.45) is 2.88. The smallest absolute Gasteiger partial charge is 0.186 e. The molecule has 3 heteroatoms. The lowest BCUT2D eigenvalue weighted by Gasteiger charge is -2.02. The van der Waals surface area contributed by atoms with E-state index in [0.29, 0.717) is 11.1 Å². The maximum Gasteiger partial charge on any atom is 0.186 e. The number of allylic oxidation sites excluding steroid dienone is 1. The maximum absolute atomic E-state index is 12.0. The minimum absolute atomic E-state index is 0.138. The number of ketones is 1. The molecule has 0 aliphatic rings. The van der Waals surface area contributed by atoms with Crippen molar-refractivity contribution in [2.45, 2.75) is 6.92 Å². The summed E-state index contributed by atoms with van der Waals surface area (Å²) < 4.78 is 0. The highest BCUT2D eigenvalue weighted by molar-refractivity contribution is 6.07. The molecule has 0 saturated carbocycles. The molecule has 0 bridgehead atoms. The zero-order chi connectivity index (χ0) is 13.8. The van der Waals surface area contributed by atoms with Crippen molar-refractivity contribution in [1.82, 2.24) is 0 Å². The van der Waals surface area contributed by atoms with Crippen LogP contribution in [-0.2, 0) is 0 Å². The number of aromatic hydroxyl groups is 2. The Balaban J connectivity index is 2.26. The number of benzene rings is 2. The van der Waals surface area contributed by atoms with Gasteiger partial charge in [0.15, 0.2) is 17.3 Å². The Morgan fingerprint density at radius 2 is 1.79 bits per heavy atom. The molecule has 0 aliphatic heterocycles. The number of aryl methyl sites for hydroxylation is 1. The molecule has 0 aromatic heterocycles. The lowest BCUT2D eigenvalue weighted by Crippen LogP contribution is -1.96. The van der Waals surface area contributed by atoms with E-state index in [1.165, 1.54) is 18.2 Å². The van der Waals surface area contributed by atoms with Gasteiger partial charge in [-0.3, -0.25) is 4.79 Å². The first-order valence-electron chi connectivity index (χ1n) is 5.88. The molecule has 0 fully saturated rings. The molecule has 0 radical (unpaired) electrons. The average Bonchev–Trinajstić information content (AvgIpc) is 2.40. The van der Waals surface area contributed by atoms with Crippen molar-refractivity contribution < 1.29 is 15.0 Å². The third-order valence-corrected chi connectivity index (χ3v) is 2.87. The van der Waals surface area contributed by atoms with Gasteiger partial charge in [-0.25, -0.2) is 0 Å². The van der Waals surface area contributed by atoms with Crippen molar-refractivity contribution in [2.24, 2.45) is 0 Å². The molecule has 0 amide bonds. The summed E-state index contributed by atoms with van der Waals surface area (Å²) in [6.45, 7) is 1.87. The molecule has 0 saturated heterocycles. The summed E-state index contributed by atoms with van der Waals surface area (Å²) in [5, 5.41) is 19.0. The molecule has 0 aliphatic carbocycles. The molecule has 2 aromatic carbocycles. The van der Waals surface area contributed by atoms with Crippen LogP contribution in [0.3, 0.4) is 0 Å². The normalized spacial score (nSPS) is 10.8. The summed E-state index contributed by atoms with van der Waals surface area (Å²) >= 11 is 0. The average molecular weight is 254 g/mol. The monoisotopic (exact) mass is 254 g/mol. The Morgan fingerprint density at radius 1 is 1.05 bits per heavy atom. The second-order valence-electron chi connectivity index (χ2n) is 4.23. The largest absolute Gasteiger partial charge is 0.504 e. The van der Waals surface area contributed by atoms with E-state index in [4.69, 9.17) is 0 Å². The van der Waals surface area contributed by atoms with Crippen molar-refractivity contribution >= 4 is 11.9 Å². The second kappa shape index (κ2) is 5.40. The molecular weight excluding hydrogens is 240 g/mol. The number of carbonyl (C=O) groups is 1. The van der Waals surface area contributed by atoms with Crippen molar-refractivity contribution in [3.05, 3.63) is 65.2 Å². The van der Waals surface area contributed by atoms with Gasteiger partial charge in [0.1, 0.15) is 0 Å². The Labute approximate surface area is 111 Å². The van der Waals surface area contributed by atoms with Gasteiger partial charge in [0, 0.05) is 11.1 Å². The van der Waals surface area contributed by atoms with Gasteiger partial charge in [-0.2, -0.15) is 0 Å². The topological polar surface area (TPSA) is 57.5 Å². The van der Waals surface area contributed by atoms with Crippen LogP contribution in [0.25, 0.3) is 6.08 Å². The fourth-order valence-corrected chi connectivity index (χ4v) is 1.79. The van der Waals surface area contributed by atoms with Crippen LogP contribution in [0.15, 0.2) is 48.5 Å². The van der Waals surface area contributed by atoms with E-state index in [0.717, 1.165) is 5.56 Å². The fraction of sp³-hybridized carbons (Fsp3) is 0.0625. The van der Waals surface area contributed by atoms with Crippen LogP contribution < -0.4 is 0 Å². The zero-order valence-electron chi connectivity index (χ0n) is 10.5. The third-order valence-electron chi connectivity index (χ3n) is 2.87. The van der Waals surface area contributed by atoms with Crippen LogP contribution in [0.2, 0.25) is 0 Å². The van der Waals surface area contributed by atoms with Crippen LogP contribution in [-0.4, -0.2) is 16.0 Å². The van der Waals surface area contributed by atoms with E-state index in [-0.39, 0.29) is 17.3 Å². The number of phenols is 2. The Kier molecular flexibility index (Phi) is 3.66. The molecule has 0 unspecified atom stereocenters. The van der Waals surface area contributed by atoms with Crippen molar-refractivity contribution in [1.29, 1.82) is 0 Å². The summed E-state index contributed by atoms with van der Waals surface area (Å²) in [4.78, 5) is 12.0. The van der Waals surface area contributed by atoms with E-state index in [9.17, 15) is 15.0 Å². The molecule has 0 atom stereocenters. The SMILES string of the molecule is Cc1ccccc1C(=O)C=Cc1cccc(O)c1O. The second-order valence-corrected chi connectivity index (χ2v) is 4.23. The van der Waals surface area contributed by atoms with Gasteiger partial charge in [0.25, 0.3) is 0 Å². The highest BCUT2D eigenvalue weighted by Gasteiger charge is 2.06. The van der Waals surface area contributed by atoms with Gasteiger partial charge in [0.05, 0.1) is 0 Å². The molecule has 0 spiro atoms. The molecule has 19 heavy (non-hydrogen) atoms. The summed E-state index contributed by atoms with van der Waals surface area (Å²) in [6, 6.07) is 11.9. The minimum Gasteiger partial charge on any atom is -0.504 e. The first-order valence-corrected chi connectivity index (χ1v) is 5.88. The Bertz CT molecular complexity index is 642. The van der Waals surface area contributed by atoms with Crippen molar-refractivity contribution in [2.75, 3.05) is 0 Å². The predicted octanol–water partition coefficient (Wildman–Crippen LogP) is 3.30. The van der Waals surface area contributed by atoms with Crippen LogP contribution in [0.4, 0.5) is 0 Å². The summed E-state index contributed by atoms with van der Waals surface area (Å²) in [5.41, 5.74) is 1.93. The highest BCUT2D eigenvalue weighted by Crippen LogP contribution is 2.29.